The molecule has 0 bridgehead atoms. The molecule has 1 aromatic rings. The van der Waals surface area contributed by atoms with E-state index in [9.17, 15) is 21.6 Å². The van der Waals surface area contributed by atoms with Gasteiger partial charge in [0.25, 0.3) is 0 Å². The van der Waals surface area contributed by atoms with E-state index in [2.05, 4.69) is 0 Å². The molecular weight excluding hydrogens is 243 g/mol. The number of sulfonamides is 1. The third kappa shape index (κ3) is 2.73. The van der Waals surface area contributed by atoms with Crippen LogP contribution in [0.2, 0.25) is 0 Å². The summed E-state index contributed by atoms with van der Waals surface area (Å²) in [6, 6.07) is 4.07. The highest BCUT2D eigenvalue weighted by atomic mass is 32.2. The van der Waals surface area contributed by atoms with Crippen molar-refractivity contribution in [2.45, 2.75) is 18.0 Å². The third-order valence-electron chi connectivity index (χ3n) is 1.82. The molecule has 1 N–H and O–H groups in total. The average molecular weight is 253 g/mol. The van der Waals surface area contributed by atoms with Crippen LogP contribution in [0.25, 0.3) is 0 Å². The summed E-state index contributed by atoms with van der Waals surface area (Å²) in [6.07, 6.45) is -4.68. The second kappa shape index (κ2) is 4.42. The average Bonchev–Trinajstić information content (AvgIpc) is 2.16. The van der Waals surface area contributed by atoms with Crippen molar-refractivity contribution in [3.05, 3.63) is 29.8 Å². The molecule has 0 spiro atoms. The predicted molar refractivity (Wildman–Crippen MR) is 52.3 cm³/mol. The van der Waals surface area contributed by atoms with Crippen molar-refractivity contribution in [3.63, 3.8) is 0 Å². The number of halogens is 3. The molecule has 0 aromatic heterocycles. The SMILES string of the molecule is CCNS(=O)(=O)c1ccccc1C(F)(F)F. The van der Waals surface area contributed by atoms with Crippen molar-refractivity contribution in [2.75, 3.05) is 6.54 Å². The molecule has 7 heteroatoms. The highest BCUT2D eigenvalue weighted by Crippen LogP contribution is 2.33. The Bertz CT molecular complexity index is 468. The highest BCUT2D eigenvalue weighted by Gasteiger charge is 2.36. The number of alkyl halides is 3. The number of benzene rings is 1. The zero-order valence-electron chi connectivity index (χ0n) is 8.38. The minimum absolute atomic E-state index is 0.0362. The van der Waals surface area contributed by atoms with E-state index in [0.29, 0.717) is 0 Å². The van der Waals surface area contributed by atoms with Crippen molar-refractivity contribution >= 4 is 10.0 Å². The summed E-state index contributed by atoms with van der Waals surface area (Å²) >= 11 is 0. The van der Waals surface area contributed by atoms with Crippen molar-refractivity contribution in [2.24, 2.45) is 0 Å². The van der Waals surface area contributed by atoms with Gasteiger partial charge >= 0.3 is 6.18 Å². The van der Waals surface area contributed by atoms with Crippen LogP contribution >= 0.6 is 0 Å². The first-order chi connectivity index (χ1) is 7.29. The first kappa shape index (κ1) is 13.0. The Balaban J connectivity index is 3.35. The standard InChI is InChI=1S/C9H10F3NO2S/c1-2-13-16(14,15)8-6-4-3-5-7(8)9(10,11)12/h3-6,13H,2H2,1H3. The molecule has 0 fully saturated rings. The smallest absolute Gasteiger partial charge is 0.211 e. The van der Waals surface area contributed by atoms with Crippen molar-refractivity contribution in [3.8, 4) is 0 Å². The lowest BCUT2D eigenvalue weighted by Crippen LogP contribution is -2.25. The van der Waals surface area contributed by atoms with E-state index in [1.165, 1.54) is 13.0 Å². The van der Waals surface area contributed by atoms with Gasteiger partial charge in [0.1, 0.15) is 0 Å². The van der Waals surface area contributed by atoms with Gasteiger partial charge in [-0.25, -0.2) is 13.1 Å². The van der Waals surface area contributed by atoms with Gasteiger partial charge in [-0.3, -0.25) is 0 Å². The van der Waals surface area contributed by atoms with Crippen LogP contribution in [0, 0.1) is 0 Å². The monoisotopic (exact) mass is 253 g/mol. The molecule has 0 atom stereocenters. The molecule has 0 aliphatic rings. The molecule has 16 heavy (non-hydrogen) atoms. The van der Waals surface area contributed by atoms with Crippen LogP contribution in [-0.2, 0) is 16.2 Å². The number of hydrogen-bond donors (Lipinski definition) is 1. The molecule has 3 nitrogen and oxygen atoms in total. The van der Waals surface area contributed by atoms with Crippen molar-refractivity contribution in [1.82, 2.24) is 4.72 Å². The van der Waals surface area contributed by atoms with Crippen LogP contribution in [-0.4, -0.2) is 15.0 Å². The van der Waals surface area contributed by atoms with E-state index in [1.807, 2.05) is 4.72 Å². The van der Waals surface area contributed by atoms with Crippen LogP contribution in [0.4, 0.5) is 13.2 Å². The van der Waals surface area contributed by atoms with E-state index in [4.69, 9.17) is 0 Å². The van der Waals surface area contributed by atoms with Gasteiger partial charge in [0.05, 0.1) is 10.5 Å². The maximum atomic E-state index is 12.5. The molecule has 1 rings (SSSR count). The maximum absolute atomic E-state index is 12.5. The topological polar surface area (TPSA) is 46.2 Å². The van der Waals surface area contributed by atoms with Gasteiger partial charge in [-0.2, -0.15) is 13.2 Å². The molecule has 0 saturated carbocycles. The second-order valence-corrected chi connectivity index (χ2v) is 4.73. The van der Waals surface area contributed by atoms with Crippen LogP contribution in [0.5, 0.6) is 0 Å². The minimum Gasteiger partial charge on any atom is -0.211 e. The summed E-state index contributed by atoms with van der Waals surface area (Å²) in [6.45, 7) is 1.53. The zero-order valence-corrected chi connectivity index (χ0v) is 9.19. The van der Waals surface area contributed by atoms with Gasteiger partial charge < -0.3 is 0 Å². The quantitative estimate of drug-likeness (QED) is 0.895. The lowest BCUT2D eigenvalue weighted by molar-refractivity contribution is -0.139. The normalized spacial score (nSPS) is 12.8. The fourth-order valence-corrected chi connectivity index (χ4v) is 2.47. The lowest BCUT2D eigenvalue weighted by atomic mass is 10.2. The first-order valence-corrected chi connectivity index (χ1v) is 5.93. The molecular formula is C9H10F3NO2S. The van der Waals surface area contributed by atoms with E-state index >= 15 is 0 Å². The van der Waals surface area contributed by atoms with Gasteiger partial charge in [0.15, 0.2) is 0 Å². The van der Waals surface area contributed by atoms with Gasteiger partial charge in [0.2, 0.25) is 10.0 Å². The Morgan fingerprint density at radius 3 is 2.31 bits per heavy atom. The minimum atomic E-state index is -4.68. The summed E-state index contributed by atoms with van der Waals surface area (Å²) in [4.78, 5) is -0.746. The van der Waals surface area contributed by atoms with Gasteiger partial charge in [-0.1, -0.05) is 19.1 Å². The third-order valence-corrected chi connectivity index (χ3v) is 3.42. The molecule has 0 radical (unpaired) electrons. The number of rotatable bonds is 3. The lowest BCUT2D eigenvalue weighted by Gasteiger charge is -2.12. The van der Waals surface area contributed by atoms with Gasteiger partial charge in [-0.15, -0.1) is 0 Å². The summed E-state index contributed by atoms with van der Waals surface area (Å²) in [7, 11) is -4.09. The Morgan fingerprint density at radius 2 is 1.81 bits per heavy atom. The van der Waals surface area contributed by atoms with Gasteiger partial charge in [0, 0.05) is 6.54 Å². The molecule has 90 valence electrons. The summed E-state index contributed by atoms with van der Waals surface area (Å²) in [5.74, 6) is 0. The summed E-state index contributed by atoms with van der Waals surface area (Å²) in [5.41, 5.74) is -1.16. The molecule has 0 aliphatic heterocycles. The van der Waals surface area contributed by atoms with Gasteiger partial charge in [-0.05, 0) is 12.1 Å². The van der Waals surface area contributed by atoms with Crippen molar-refractivity contribution < 1.29 is 21.6 Å². The molecule has 0 saturated heterocycles. The van der Waals surface area contributed by atoms with Crippen LogP contribution in [0.1, 0.15) is 12.5 Å². The van der Waals surface area contributed by atoms with Crippen molar-refractivity contribution in [1.29, 1.82) is 0 Å². The van der Waals surface area contributed by atoms with Crippen LogP contribution in [0.15, 0.2) is 29.2 Å². The van der Waals surface area contributed by atoms with Crippen LogP contribution in [0.3, 0.4) is 0 Å². The molecule has 0 amide bonds. The Hall–Kier alpha value is -1.08. The highest BCUT2D eigenvalue weighted by molar-refractivity contribution is 7.89. The molecule has 0 heterocycles. The maximum Gasteiger partial charge on any atom is 0.417 e. The Kier molecular flexibility index (Phi) is 3.59. The van der Waals surface area contributed by atoms with E-state index in [0.717, 1.165) is 18.2 Å². The number of nitrogens with one attached hydrogen (secondary N) is 1. The first-order valence-electron chi connectivity index (χ1n) is 4.45. The van der Waals surface area contributed by atoms with E-state index in [1.54, 1.807) is 0 Å². The number of hydrogen-bond acceptors (Lipinski definition) is 2. The van der Waals surface area contributed by atoms with E-state index in [-0.39, 0.29) is 6.54 Å². The Morgan fingerprint density at radius 1 is 1.25 bits per heavy atom. The Labute approximate surface area is 91.3 Å². The second-order valence-electron chi connectivity index (χ2n) is 3.00. The van der Waals surface area contributed by atoms with E-state index < -0.39 is 26.7 Å². The zero-order chi connectivity index (χ0) is 12.4. The van der Waals surface area contributed by atoms with Crippen LogP contribution < -0.4 is 4.72 Å². The predicted octanol–water partition coefficient (Wildman–Crippen LogP) is 2.00. The summed E-state index contributed by atoms with van der Waals surface area (Å²) in [5, 5.41) is 0. The molecule has 0 aliphatic carbocycles. The fourth-order valence-electron chi connectivity index (χ4n) is 1.20. The fraction of sp³-hybridized carbons (Fsp3) is 0.333. The largest absolute Gasteiger partial charge is 0.417 e. The molecule has 1 aromatic carbocycles. The summed E-state index contributed by atoms with van der Waals surface area (Å²) < 4.78 is 62.6. The molecule has 0 unspecified atom stereocenters.